The molecule has 4 fully saturated rings. The Morgan fingerprint density at radius 3 is 2.15 bits per heavy atom. The van der Waals surface area contributed by atoms with Gasteiger partial charge in [0.05, 0.1) is 18.4 Å². The lowest BCUT2D eigenvalue weighted by molar-refractivity contribution is -0.239. The van der Waals surface area contributed by atoms with E-state index in [9.17, 15) is 4.57 Å². The van der Waals surface area contributed by atoms with Crippen molar-refractivity contribution < 1.29 is 32.6 Å². The van der Waals surface area contributed by atoms with Crippen molar-refractivity contribution in [1.82, 2.24) is 0 Å². The van der Waals surface area contributed by atoms with Gasteiger partial charge >= 0.3 is 7.60 Å². The molecule has 234 valence electrons. The molecule has 5 unspecified atom stereocenters. The highest BCUT2D eigenvalue weighted by atomic mass is 31.2. The first-order chi connectivity index (χ1) is 19.1. The van der Waals surface area contributed by atoms with E-state index in [1.165, 1.54) is 46.3 Å². The first-order valence-electron chi connectivity index (χ1n) is 16.0. The minimum absolute atomic E-state index is 0.238. The number of ether oxygens (including phenoxy) is 4. The van der Waals surface area contributed by atoms with Crippen molar-refractivity contribution in [1.29, 1.82) is 0 Å². The Kier molecular flexibility index (Phi) is 11.3. The van der Waals surface area contributed by atoms with Gasteiger partial charge in [-0.1, -0.05) is 34.1 Å². The minimum Gasteiger partial charge on any atom is -0.359 e. The molecule has 0 spiro atoms. The molecule has 0 N–H and O–H groups in total. The summed E-state index contributed by atoms with van der Waals surface area (Å²) in [5, 5.41) is 0. The van der Waals surface area contributed by atoms with Crippen LogP contribution in [0.1, 0.15) is 91.9 Å². The van der Waals surface area contributed by atoms with E-state index in [4.69, 9.17) is 28.0 Å². The molecule has 0 radical (unpaired) electrons. The van der Waals surface area contributed by atoms with E-state index in [1.807, 2.05) is 0 Å². The zero-order valence-corrected chi connectivity index (χ0v) is 27.6. The van der Waals surface area contributed by atoms with E-state index >= 15 is 0 Å². The van der Waals surface area contributed by atoms with Crippen LogP contribution in [0.5, 0.6) is 0 Å². The molecule has 40 heavy (non-hydrogen) atoms. The summed E-state index contributed by atoms with van der Waals surface area (Å²) in [7, 11) is 3.52. The summed E-state index contributed by atoms with van der Waals surface area (Å²) in [5.74, 6) is 4.35. The second-order valence-electron chi connectivity index (χ2n) is 14.0. The molecule has 7 nitrogen and oxygen atoms in total. The van der Waals surface area contributed by atoms with Crippen LogP contribution >= 0.6 is 7.60 Å². The van der Waals surface area contributed by atoms with Gasteiger partial charge in [0.1, 0.15) is 13.6 Å². The molecule has 0 aromatic heterocycles. The molecule has 4 saturated carbocycles. The Morgan fingerprint density at radius 2 is 1.50 bits per heavy atom. The summed E-state index contributed by atoms with van der Waals surface area (Å²) < 4.78 is 46.7. The fourth-order valence-electron chi connectivity index (χ4n) is 10.6. The van der Waals surface area contributed by atoms with Crippen molar-refractivity contribution in [2.24, 2.45) is 52.3 Å². The van der Waals surface area contributed by atoms with Gasteiger partial charge in [-0.15, -0.1) is 0 Å². The maximum atomic E-state index is 12.6. The molecule has 8 heteroatoms. The average molecular weight is 587 g/mol. The topological polar surface area (TPSA) is 72.5 Å². The third-order valence-electron chi connectivity index (χ3n) is 12.5. The molecule has 4 aliphatic carbocycles. The van der Waals surface area contributed by atoms with E-state index in [-0.39, 0.29) is 12.2 Å². The third kappa shape index (κ3) is 6.14. The maximum Gasteiger partial charge on any atom is 0.330 e. The van der Waals surface area contributed by atoms with E-state index in [2.05, 4.69) is 27.7 Å². The molecule has 0 aromatic rings. The van der Waals surface area contributed by atoms with Gasteiger partial charge in [0.2, 0.25) is 0 Å². The lowest BCUT2D eigenvalue weighted by Gasteiger charge is -2.65. The third-order valence-corrected chi connectivity index (χ3v) is 14.5. The van der Waals surface area contributed by atoms with Gasteiger partial charge in [-0.3, -0.25) is 4.57 Å². The van der Waals surface area contributed by atoms with Gasteiger partial charge in [-0.05, 0) is 110 Å². The lowest BCUT2D eigenvalue weighted by Crippen LogP contribution is -2.63. The van der Waals surface area contributed by atoms with Crippen LogP contribution in [-0.2, 0) is 32.6 Å². The molecule has 0 aliphatic heterocycles. The fraction of sp³-hybridized carbons (Fsp3) is 1.00. The Labute approximate surface area is 244 Å². The first kappa shape index (κ1) is 32.9. The fourth-order valence-corrected chi connectivity index (χ4v) is 11.7. The molecule has 4 aliphatic rings. The second-order valence-corrected chi connectivity index (χ2v) is 16.4. The van der Waals surface area contributed by atoms with Crippen molar-refractivity contribution in [3.8, 4) is 0 Å². The highest BCUT2D eigenvalue weighted by molar-refractivity contribution is 7.53. The summed E-state index contributed by atoms with van der Waals surface area (Å²) in [6, 6.07) is 0. The summed E-state index contributed by atoms with van der Waals surface area (Å²) >= 11 is 0. The van der Waals surface area contributed by atoms with Crippen LogP contribution in [0.4, 0.5) is 0 Å². The predicted molar refractivity (Wildman–Crippen MR) is 158 cm³/mol. The summed E-state index contributed by atoms with van der Waals surface area (Å²) in [6.07, 6.45) is 12.8. The van der Waals surface area contributed by atoms with E-state index < -0.39 is 7.60 Å². The Morgan fingerprint density at radius 1 is 0.850 bits per heavy atom. The molecule has 4 rings (SSSR count). The van der Waals surface area contributed by atoms with Crippen LogP contribution in [0.2, 0.25) is 0 Å². The van der Waals surface area contributed by atoms with Gasteiger partial charge in [0.25, 0.3) is 0 Å². The van der Waals surface area contributed by atoms with Crippen LogP contribution < -0.4 is 0 Å². The van der Waals surface area contributed by atoms with Crippen LogP contribution in [0.25, 0.3) is 0 Å². The van der Waals surface area contributed by atoms with Gasteiger partial charge in [-0.2, -0.15) is 0 Å². The molecule has 0 aromatic carbocycles. The molecule has 0 heterocycles. The Bertz CT molecular complexity index is 847. The monoisotopic (exact) mass is 586 g/mol. The molecular formula is C32H59O7P. The quantitative estimate of drug-likeness (QED) is 0.152. The number of hydrogen-bond donors (Lipinski definition) is 0. The lowest BCUT2D eigenvalue weighted by atomic mass is 9.41. The molecule has 0 amide bonds. The number of hydrogen-bond acceptors (Lipinski definition) is 7. The first-order valence-corrected chi connectivity index (χ1v) is 17.8. The summed E-state index contributed by atoms with van der Waals surface area (Å²) in [4.78, 5) is 0. The van der Waals surface area contributed by atoms with E-state index in [1.54, 1.807) is 14.2 Å². The zero-order chi connectivity index (χ0) is 29.1. The van der Waals surface area contributed by atoms with E-state index in [0.29, 0.717) is 72.0 Å². The Hall–Kier alpha value is -0.0100. The van der Waals surface area contributed by atoms with Crippen LogP contribution in [0, 0.1) is 52.3 Å². The van der Waals surface area contributed by atoms with E-state index in [0.717, 1.165) is 32.1 Å². The van der Waals surface area contributed by atoms with Crippen LogP contribution in [0.15, 0.2) is 0 Å². The van der Waals surface area contributed by atoms with Crippen molar-refractivity contribution in [3.63, 3.8) is 0 Å². The SMILES string of the molecule is CC[C@@H]1C2C[C@H](OCOC)CC[C@]2(C)C2CC[C@@]3(C)C(CCC3[C@H](C)CCCP(=O)(OC)OC)C2[C@@H]1OCOC. The predicted octanol–water partition coefficient (Wildman–Crippen LogP) is 7.77. The van der Waals surface area contributed by atoms with Crippen molar-refractivity contribution in [3.05, 3.63) is 0 Å². The minimum atomic E-state index is -2.94. The highest BCUT2D eigenvalue weighted by Gasteiger charge is 2.65. The summed E-state index contributed by atoms with van der Waals surface area (Å²) in [6.45, 7) is 10.8. The van der Waals surface area contributed by atoms with Crippen molar-refractivity contribution in [2.75, 3.05) is 48.2 Å². The van der Waals surface area contributed by atoms with Gasteiger partial charge in [0, 0.05) is 28.4 Å². The second kappa shape index (κ2) is 13.7. The number of methoxy groups -OCH3 is 2. The summed E-state index contributed by atoms with van der Waals surface area (Å²) in [5.41, 5.74) is 0.652. The zero-order valence-electron chi connectivity index (χ0n) is 26.7. The smallest absolute Gasteiger partial charge is 0.330 e. The Balaban J connectivity index is 1.56. The highest BCUT2D eigenvalue weighted by Crippen LogP contribution is 2.70. The van der Waals surface area contributed by atoms with Crippen LogP contribution in [-0.4, -0.2) is 60.4 Å². The van der Waals surface area contributed by atoms with Gasteiger partial charge in [-0.25, -0.2) is 0 Å². The molecule has 11 atom stereocenters. The van der Waals surface area contributed by atoms with Crippen molar-refractivity contribution >= 4 is 7.60 Å². The molecular weight excluding hydrogens is 527 g/mol. The normalized spacial score (nSPS) is 42.2. The van der Waals surface area contributed by atoms with Gasteiger partial charge < -0.3 is 28.0 Å². The molecule has 0 bridgehead atoms. The maximum absolute atomic E-state index is 12.6. The number of rotatable bonds is 14. The average Bonchev–Trinajstić information content (AvgIpc) is 3.31. The van der Waals surface area contributed by atoms with Crippen molar-refractivity contribution in [2.45, 2.75) is 104 Å². The standard InChI is InChI=1S/C32H59O7P/c1-9-24-28-19-23(38-20-34-5)14-16-32(28,4)27-15-17-31(3)25(22(2)11-10-18-40(33,36-7)37-8)12-13-26(31)29(27)30(24)39-21-35-6/h22-30H,9-21H2,1-8H3/t22-,23-,24-,25?,26?,27?,28?,29?,30-,31-,32-/m1/s1. The number of fused-ring (bicyclic) bond motifs is 5. The van der Waals surface area contributed by atoms with Crippen LogP contribution in [0.3, 0.4) is 0 Å². The molecule has 0 saturated heterocycles. The van der Waals surface area contributed by atoms with Gasteiger partial charge in [0.15, 0.2) is 0 Å². The largest absolute Gasteiger partial charge is 0.359 e.